The number of aromatic nitrogens is 2. The Morgan fingerprint density at radius 3 is 2.95 bits per heavy atom. The summed E-state index contributed by atoms with van der Waals surface area (Å²) in [6.07, 6.45) is 1.53. The molecule has 0 aliphatic rings. The lowest BCUT2D eigenvalue weighted by molar-refractivity contribution is -0.384. The van der Waals surface area contributed by atoms with Crippen molar-refractivity contribution in [1.82, 2.24) is 10.2 Å². The van der Waals surface area contributed by atoms with Crippen molar-refractivity contribution in [3.05, 3.63) is 45.6 Å². The van der Waals surface area contributed by atoms with Gasteiger partial charge < -0.3 is 11.1 Å². The van der Waals surface area contributed by atoms with E-state index < -0.39 is 4.92 Å². The molecule has 0 amide bonds. The zero-order valence-corrected chi connectivity index (χ0v) is 9.75. The number of hydrogen-bond donors (Lipinski definition) is 3. The molecular formula is C11H10N6O2. The lowest BCUT2D eigenvalue weighted by Gasteiger charge is -2.07. The number of nitro groups is 1. The maximum Gasteiger partial charge on any atom is 0.309 e. The maximum atomic E-state index is 11.0. The van der Waals surface area contributed by atoms with Crippen molar-refractivity contribution in [1.29, 1.82) is 5.26 Å². The minimum Gasteiger partial charge on any atom is -0.384 e. The number of aromatic amines is 1. The summed E-state index contributed by atoms with van der Waals surface area (Å²) in [6.45, 7) is 0.276. The van der Waals surface area contributed by atoms with Crippen LogP contribution in [0.5, 0.6) is 0 Å². The first-order chi connectivity index (χ1) is 9.13. The highest BCUT2D eigenvalue weighted by Crippen LogP contribution is 2.28. The number of hydrogen-bond acceptors (Lipinski definition) is 6. The van der Waals surface area contributed by atoms with Crippen LogP contribution >= 0.6 is 0 Å². The second-order valence-corrected chi connectivity index (χ2v) is 3.73. The Morgan fingerprint density at radius 1 is 1.58 bits per heavy atom. The number of para-hydroxylation sites is 1. The Hall–Kier alpha value is -3.08. The van der Waals surface area contributed by atoms with Crippen molar-refractivity contribution in [3.8, 4) is 6.07 Å². The standard InChI is InChI=1S/C11H10N6O2/c12-4-7-2-1-3-9(10(7)17(18)19)14-5-8-6-15-16-11(8)13/h1-3,6,14H,5H2,(H3,13,15,16). The lowest BCUT2D eigenvalue weighted by Crippen LogP contribution is -2.05. The number of nitrogens with two attached hydrogens (primary N) is 1. The molecule has 0 fully saturated rings. The summed E-state index contributed by atoms with van der Waals surface area (Å²) in [5.41, 5.74) is 6.34. The van der Waals surface area contributed by atoms with Crippen molar-refractivity contribution >= 4 is 17.2 Å². The fourth-order valence-corrected chi connectivity index (χ4v) is 1.63. The molecule has 0 atom stereocenters. The predicted molar refractivity (Wildman–Crippen MR) is 68.1 cm³/mol. The first-order valence-corrected chi connectivity index (χ1v) is 5.32. The molecule has 4 N–H and O–H groups in total. The molecule has 1 aromatic carbocycles. The molecule has 0 saturated heterocycles. The van der Waals surface area contributed by atoms with E-state index in [1.165, 1.54) is 18.3 Å². The SMILES string of the molecule is N#Cc1cccc(NCc2cn[nH]c2N)c1[N+](=O)[O-]. The number of nitrogen functional groups attached to an aromatic ring is 1. The van der Waals surface area contributed by atoms with Gasteiger partial charge in [-0.05, 0) is 12.1 Å². The Morgan fingerprint density at radius 2 is 2.37 bits per heavy atom. The number of H-pyrrole nitrogens is 1. The third-order valence-corrected chi connectivity index (χ3v) is 2.56. The van der Waals surface area contributed by atoms with Crippen molar-refractivity contribution in [2.75, 3.05) is 11.1 Å². The van der Waals surface area contributed by atoms with E-state index in [4.69, 9.17) is 11.0 Å². The van der Waals surface area contributed by atoms with Crippen LogP contribution < -0.4 is 11.1 Å². The van der Waals surface area contributed by atoms with E-state index >= 15 is 0 Å². The molecule has 2 rings (SSSR count). The molecule has 1 aromatic heterocycles. The Bertz CT molecular complexity index is 657. The number of nitrogens with one attached hydrogen (secondary N) is 2. The summed E-state index contributed by atoms with van der Waals surface area (Å²) in [7, 11) is 0. The van der Waals surface area contributed by atoms with Crippen molar-refractivity contribution in [3.63, 3.8) is 0 Å². The van der Waals surface area contributed by atoms with Gasteiger partial charge in [0.25, 0.3) is 0 Å². The highest BCUT2D eigenvalue weighted by Gasteiger charge is 2.19. The van der Waals surface area contributed by atoms with E-state index in [1.54, 1.807) is 12.1 Å². The van der Waals surface area contributed by atoms with Crippen LogP contribution in [-0.4, -0.2) is 15.1 Å². The summed E-state index contributed by atoms with van der Waals surface area (Å²) < 4.78 is 0. The highest BCUT2D eigenvalue weighted by atomic mass is 16.6. The Balaban J connectivity index is 2.28. The van der Waals surface area contributed by atoms with Crippen LogP contribution in [-0.2, 0) is 6.54 Å². The van der Waals surface area contributed by atoms with Gasteiger partial charge in [0, 0.05) is 12.1 Å². The van der Waals surface area contributed by atoms with Gasteiger partial charge in [-0.25, -0.2) is 0 Å². The quantitative estimate of drug-likeness (QED) is 0.560. The Kier molecular flexibility index (Phi) is 3.29. The molecule has 0 spiro atoms. The zero-order valence-electron chi connectivity index (χ0n) is 9.75. The van der Waals surface area contributed by atoms with E-state index in [0.717, 1.165) is 0 Å². The number of anilines is 2. The van der Waals surface area contributed by atoms with E-state index in [9.17, 15) is 10.1 Å². The minimum absolute atomic E-state index is 0.00941. The highest BCUT2D eigenvalue weighted by molar-refractivity contribution is 5.68. The summed E-state index contributed by atoms with van der Waals surface area (Å²) in [4.78, 5) is 10.4. The predicted octanol–water partition coefficient (Wildman–Crippen LogP) is 1.38. The van der Waals surface area contributed by atoms with Gasteiger partial charge in [0.2, 0.25) is 0 Å². The molecule has 0 bridgehead atoms. The number of benzene rings is 1. The molecule has 8 nitrogen and oxygen atoms in total. The molecular weight excluding hydrogens is 248 g/mol. The van der Waals surface area contributed by atoms with Crippen LogP contribution in [0.2, 0.25) is 0 Å². The molecule has 8 heteroatoms. The van der Waals surface area contributed by atoms with Crippen LogP contribution in [0.4, 0.5) is 17.2 Å². The minimum atomic E-state index is -0.584. The van der Waals surface area contributed by atoms with E-state index in [2.05, 4.69) is 15.5 Å². The molecule has 96 valence electrons. The van der Waals surface area contributed by atoms with Crippen molar-refractivity contribution in [2.24, 2.45) is 0 Å². The van der Waals surface area contributed by atoms with Crippen LogP contribution in [0.25, 0.3) is 0 Å². The molecule has 0 aliphatic heterocycles. The van der Waals surface area contributed by atoms with Crippen LogP contribution in [0.3, 0.4) is 0 Å². The monoisotopic (exact) mass is 258 g/mol. The van der Waals surface area contributed by atoms with Gasteiger partial charge in [0.15, 0.2) is 0 Å². The number of nitrogens with zero attached hydrogens (tertiary/aromatic N) is 3. The smallest absolute Gasteiger partial charge is 0.309 e. The van der Waals surface area contributed by atoms with Gasteiger partial charge in [0.05, 0.1) is 11.1 Å². The summed E-state index contributed by atoms with van der Waals surface area (Å²) in [5.74, 6) is 0.395. The topological polar surface area (TPSA) is 134 Å². The molecule has 0 saturated carbocycles. The third-order valence-electron chi connectivity index (χ3n) is 2.56. The van der Waals surface area contributed by atoms with Crippen LogP contribution in [0, 0.1) is 21.4 Å². The number of nitriles is 1. The van der Waals surface area contributed by atoms with E-state index in [1.807, 2.05) is 0 Å². The Labute approximate surface area is 108 Å². The van der Waals surface area contributed by atoms with Crippen LogP contribution in [0.15, 0.2) is 24.4 Å². The summed E-state index contributed by atoms with van der Waals surface area (Å²) in [6, 6.07) is 6.31. The summed E-state index contributed by atoms with van der Waals surface area (Å²) in [5, 5.41) is 29.1. The summed E-state index contributed by atoms with van der Waals surface area (Å²) >= 11 is 0. The van der Waals surface area contributed by atoms with Crippen LogP contribution in [0.1, 0.15) is 11.1 Å². The van der Waals surface area contributed by atoms with Gasteiger partial charge in [-0.1, -0.05) is 6.07 Å². The average Bonchev–Trinajstić information content (AvgIpc) is 2.81. The fraction of sp³-hybridized carbons (Fsp3) is 0.0909. The van der Waals surface area contributed by atoms with Crippen molar-refractivity contribution < 1.29 is 4.92 Å². The second-order valence-electron chi connectivity index (χ2n) is 3.73. The third kappa shape index (κ3) is 2.44. The normalized spacial score (nSPS) is 9.84. The first-order valence-electron chi connectivity index (χ1n) is 5.32. The molecule has 19 heavy (non-hydrogen) atoms. The van der Waals surface area contributed by atoms with Gasteiger partial charge in [-0.15, -0.1) is 0 Å². The van der Waals surface area contributed by atoms with Gasteiger partial charge in [0.1, 0.15) is 23.1 Å². The van der Waals surface area contributed by atoms with Gasteiger partial charge >= 0.3 is 5.69 Å². The van der Waals surface area contributed by atoms with E-state index in [0.29, 0.717) is 11.4 Å². The second kappa shape index (κ2) is 5.05. The largest absolute Gasteiger partial charge is 0.384 e. The van der Waals surface area contributed by atoms with Gasteiger partial charge in [-0.3, -0.25) is 15.2 Å². The van der Waals surface area contributed by atoms with Gasteiger partial charge in [-0.2, -0.15) is 10.4 Å². The fourth-order valence-electron chi connectivity index (χ4n) is 1.63. The number of rotatable bonds is 4. The zero-order chi connectivity index (χ0) is 13.8. The number of nitro benzene ring substituents is 1. The molecule has 1 heterocycles. The first kappa shape index (κ1) is 12.4. The van der Waals surface area contributed by atoms with Crippen molar-refractivity contribution in [2.45, 2.75) is 6.54 Å². The average molecular weight is 258 g/mol. The molecule has 0 aliphatic carbocycles. The maximum absolute atomic E-state index is 11.0. The van der Waals surface area contributed by atoms with E-state index in [-0.39, 0.29) is 23.5 Å². The lowest BCUT2D eigenvalue weighted by atomic mass is 10.1. The molecule has 2 aromatic rings. The molecule has 0 radical (unpaired) electrons. The molecule has 0 unspecified atom stereocenters.